The van der Waals surface area contributed by atoms with Crippen molar-refractivity contribution < 1.29 is 8.42 Å². The summed E-state index contributed by atoms with van der Waals surface area (Å²) in [6.07, 6.45) is 1.47. The van der Waals surface area contributed by atoms with E-state index in [4.69, 9.17) is 0 Å². The number of hydrogen-bond donors (Lipinski definition) is 1. The van der Waals surface area contributed by atoms with Crippen molar-refractivity contribution in [1.29, 1.82) is 0 Å². The average Bonchev–Trinajstić information content (AvgIpc) is 2.97. The largest absolute Gasteiger partial charge is 0.240 e. The maximum absolute atomic E-state index is 12.1. The van der Waals surface area contributed by atoms with Crippen LogP contribution in [0.4, 0.5) is 0 Å². The highest BCUT2D eigenvalue weighted by Crippen LogP contribution is 2.16. The number of fused-ring (bicyclic) bond motifs is 1. The van der Waals surface area contributed by atoms with Crippen LogP contribution in [0, 0.1) is 0 Å². The van der Waals surface area contributed by atoms with Gasteiger partial charge in [0.2, 0.25) is 15.0 Å². The molecule has 10 heteroatoms. The zero-order valence-corrected chi connectivity index (χ0v) is 13.1. The lowest BCUT2D eigenvalue weighted by Gasteiger charge is -2.04. The highest BCUT2D eigenvalue weighted by atomic mass is 79.9. The number of nitrogens with zero attached hydrogens (tertiary/aromatic N) is 4. The van der Waals surface area contributed by atoms with Crippen LogP contribution in [-0.2, 0) is 16.6 Å². The predicted molar refractivity (Wildman–Crippen MR) is 76.8 cm³/mol. The molecule has 104 valence electrons. The van der Waals surface area contributed by atoms with Crippen LogP contribution in [0.3, 0.4) is 0 Å². The minimum absolute atomic E-state index is 0.117. The Labute approximate surface area is 126 Å². The summed E-state index contributed by atoms with van der Waals surface area (Å²) in [4.78, 5) is 0.839. The molecule has 1 N–H and O–H groups in total. The summed E-state index contributed by atoms with van der Waals surface area (Å²) in [6, 6.07) is 6.42. The van der Waals surface area contributed by atoms with Crippen molar-refractivity contribution in [2.75, 3.05) is 0 Å². The van der Waals surface area contributed by atoms with Crippen LogP contribution in [0.5, 0.6) is 0 Å². The minimum Gasteiger partial charge on any atom is -0.207 e. The van der Waals surface area contributed by atoms with Crippen LogP contribution >= 0.6 is 27.3 Å². The fourth-order valence-corrected chi connectivity index (χ4v) is 3.62. The molecule has 0 aliphatic carbocycles. The van der Waals surface area contributed by atoms with Crippen molar-refractivity contribution >= 4 is 42.3 Å². The smallest absolute Gasteiger partial charge is 0.207 e. The Morgan fingerprint density at radius 2 is 2.05 bits per heavy atom. The third kappa shape index (κ3) is 2.73. The third-order valence-electron chi connectivity index (χ3n) is 2.47. The number of rotatable bonds is 4. The number of benzene rings is 1. The maximum atomic E-state index is 12.1. The number of halogens is 1. The maximum Gasteiger partial charge on any atom is 0.240 e. The van der Waals surface area contributed by atoms with E-state index in [0.29, 0.717) is 9.97 Å². The molecule has 3 aromatic rings. The van der Waals surface area contributed by atoms with Gasteiger partial charge in [-0.25, -0.2) is 13.1 Å². The van der Waals surface area contributed by atoms with E-state index in [-0.39, 0.29) is 11.4 Å². The van der Waals surface area contributed by atoms with Crippen molar-refractivity contribution in [3.63, 3.8) is 0 Å². The Hall–Kier alpha value is -1.36. The average molecular weight is 374 g/mol. The molecule has 0 amide bonds. The van der Waals surface area contributed by atoms with Crippen LogP contribution in [-0.4, -0.2) is 28.2 Å². The highest BCUT2D eigenvalue weighted by Gasteiger charge is 2.15. The van der Waals surface area contributed by atoms with Crippen LogP contribution in [0.1, 0.15) is 5.01 Å². The lowest BCUT2D eigenvalue weighted by Crippen LogP contribution is -2.23. The van der Waals surface area contributed by atoms with Gasteiger partial charge in [0, 0.05) is 4.47 Å². The van der Waals surface area contributed by atoms with E-state index in [1.54, 1.807) is 12.1 Å². The van der Waals surface area contributed by atoms with Gasteiger partial charge < -0.3 is 0 Å². The van der Waals surface area contributed by atoms with Gasteiger partial charge in [-0.05, 0) is 24.3 Å². The Morgan fingerprint density at radius 3 is 2.75 bits per heavy atom. The Kier molecular flexibility index (Phi) is 3.54. The second kappa shape index (κ2) is 5.20. The summed E-state index contributed by atoms with van der Waals surface area (Å²) in [5.41, 5.74) is 0. The molecule has 0 atom stereocenters. The monoisotopic (exact) mass is 373 g/mol. The Morgan fingerprint density at radius 1 is 1.30 bits per heavy atom. The fourth-order valence-electron chi connectivity index (χ4n) is 1.53. The topological polar surface area (TPSA) is 89.2 Å². The molecule has 0 saturated heterocycles. The normalized spacial score (nSPS) is 12.1. The molecule has 7 nitrogen and oxygen atoms in total. The van der Waals surface area contributed by atoms with Gasteiger partial charge in [0.05, 0.1) is 11.4 Å². The molecular formula is C10H8BrN5O2S2. The molecule has 20 heavy (non-hydrogen) atoms. The minimum atomic E-state index is -3.55. The summed E-state index contributed by atoms with van der Waals surface area (Å²) < 4.78 is 29.0. The predicted octanol–water partition coefficient (Wildman–Crippen LogP) is 1.43. The second-order valence-electron chi connectivity index (χ2n) is 3.83. The summed E-state index contributed by atoms with van der Waals surface area (Å²) in [5.74, 6) is 0. The SMILES string of the molecule is O=S(=O)(NCc1nn2cnnc2s1)c1ccc(Br)cc1. The van der Waals surface area contributed by atoms with E-state index >= 15 is 0 Å². The molecule has 0 bridgehead atoms. The molecule has 0 saturated carbocycles. The van der Waals surface area contributed by atoms with Crippen LogP contribution in [0.2, 0.25) is 0 Å². The third-order valence-corrected chi connectivity index (χ3v) is 5.32. The number of hydrogen-bond acceptors (Lipinski definition) is 6. The lowest BCUT2D eigenvalue weighted by atomic mass is 10.4. The van der Waals surface area contributed by atoms with E-state index < -0.39 is 10.0 Å². The number of nitrogens with one attached hydrogen (secondary N) is 1. The van der Waals surface area contributed by atoms with Crippen molar-refractivity contribution in [2.45, 2.75) is 11.4 Å². The van der Waals surface area contributed by atoms with Crippen LogP contribution in [0.15, 0.2) is 40.0 Å². The summed E-state index contributed by atoms with van der Waals surface area (Å²) in [7, 11) is -3.55. The van der Waals surface area contributed by atoms with Gasteiger partial charge in [0.25, 0.3) is 0 Å². The molecule has 2 aromatic heterocycles. The first kappa shape index (κ1) is 13.6. The standard InChI is InChI=1S/C10H8BrN5O2S2/c11-7-1-3-8(4-2-7)20(17,18)13-5-9-15-16-6-12-14-10(16)19-9/h1-4,6,13H,5H2. The van der Waals surface area contributed by atoms with Gasteiger partial charge in [-0.1, -0.05) is 27.3 Å². The van der Waals surface area contributed by atoms with Crippen molar-refractivity contribution in [2.24, 2.45) is 0 Å². The van der Waals surface area contributed by atoms with E-state index in [1.165, 1.54) is 34.3 Å². The molecule has 2 heterocycles. The molecule has 0 radical (unpaired) electrons. The Bertz CT molecular complexity index is 812. The van der Waals surface area contributed by atoms with Gasteiger partial charge in [-0.15, -0.1) is 10.2 Å². The second-order valence-corrected chi connectivity index (χ2v) is 7.56. The molecule has 0 aliphatic rings. The van der Waals surface area contributed by atoms with Gasteiger partial charge in [-0.2, -0.15) is 9.61 Å². The van der Waals surface area contributed by atoms with Crippen molar-refractivity contribution in [1.82, 2.24) is 24.5 Å². The number of aromatic nitrogens is 4. The van der Waals surface area contributed by atoms with Crippen molar-refractivity contribution in [3.05, 3.63) is 40.1 Å². The van der Waals surface area contributed by atoms with E-state index in [1.807, 2.05) is 0 Å². The first-order valence-corrected chi connectivity index (χ1v) is 8.55. The molecule has 3 rings (SSSR count). The van der Waals surface area contributed by atoms with Gasteiger partial charge in [-0.3, -0.25) is 0 Å². The Balaban J connectivity index is 1.76. The number of sulfonamides is 1. The molecule has 0 unspecified atom stereocenters. The van der Waals surface area contributed by atoms with Gasteiger partial charge >= 0.3 is 0 Å². The van der Waals surface area contributed by atoms with Gasteiger partial charge in [0.1, 0.15) is 11.3 Å². The molecule has 0 aliphatic heterocycles. The van der Waals surface area contributed by atoms with Crippen LogP contribution in [0.25, 0.3) is 4.96 Å². The van der Waals surface area contributed by atoms with Crippen molar-refractivity contribution in [3.8, 4) is 0 Å². The molecular weight excluding hydrogens is 366 g/mol. The highest BCUT2D eigenvalue weighted by molar-refractivity contribution is 9.10. The van der Waals surface area contributed by atoms with E-state index in [9.17, 15) is 8.42 Å². The first-order chi connectivity index (χ1) is 9.54. The lowest BCUT2D eigenvalue weighted by molar-refractivity contribution is 0.580. The first-order valence-electron chi connectivity index (χ1n) is 5.45. The van der Waals surface area contributed by atoms with E-state index in [2.05, 4.69) is 35.9 Å². The van der Waals surface area contributed by atoms with Gasteiger partial charge in [0.15, 0.2) is 0 Å². The van der Waals surface area contributed by atoms with Crippen LogP contribution < -0.4 is 4.72 Å². The molecule has 1 aromatic carbocycles. The summed E-state index contributed by atoms with van der Waals surface area (Å²) in [5, 5.41) is 12.3. The summed E-state index contributed by atoms with van der Waals surface area (Å²) >= 11 is 4.55. The summed E-state index contributed by atoms with van der Waals surface area (Å²) in [6.45, 7) is 0.117. The quantitative estimate of drug-likeness (QED) is 0.746. The molecule has 0 spiro atoms. The molecule has 0 fully saturated rings. The fraction of sp³-hybridized carbons (Fsp3) is 0.100. The zero-order valence-electron chi connectivity index (χ0n) is 9.89. The van der Waals surface area contributed by atoms with E-state index in [0.717, 1.165) is 4.47 Å². The zero-order chi connectivity index (χ0) is 14.2.